The number of imidazole rings is 1. The van der Waals surface area contributed by atoms with Gasteiger partial charge in [-0.25, -0.2) is 4.98 Å². The van der Waals surface area contributed by atoms with Crippen LogP contribution in [0.15, 0.2) is 0 Å². The van der Waals surface area contributed by atoms with Crippen LogP contribution in [0.25, 0.3) is 0 Å². The van der Waals surface area contributed by atoms with Gasteiger partial charge in [0.05, 0.1) is 5.69 Å². The lowest BCUT2D eigenvalue weighted by molar-refractivity contribution is 0.465. The first-order valence-corrected chi connectivity index (χ1v) is 5.50. The minimum absolute atomic E-state index is 0.659. The fraction of sp³-hybridized carbons (Fsp3) is 0.727. The van der Waals surface area contributed by atoms with Crippen LogP contribution in [0.5, 0.6) is 0 Å². The fourth-order valence-corrected chi connectivity index (χ4v) is 2.49. The van der Waals surface area contributed by atoms with Gasteiger partial charge < -0.3 is 10.3 Å². The van der Waals surface area contributed by atoms with Gasteiger partial charge in [-0.1, -0.05) is 6.92 Å². The van der Waals surface area contributed by atoms with Crippen LogP contribution in [0.2, 0.25) is 0 Å². The summed E-state index contributed by atoms with van der Waals surface area (Å²) in [4.78, 5) is 4.62. The Bertz CT molecular complexity index is 328. The molecule has 1 aromatic heterocycles. The molecule has 3 nitrogen and oxygen atoms in total. The van der Waals surface area contributed by atoms with Crippen LogP contribution in [0, 0.1) is 6.92 Å². The Labute approximate surface area is 85.3 Å². The molecule has 3 heteroatoms. The maximum Gasteiger partial charge on any atom is 0.106 e. The Morgan fingerprint density at radius 1 is 1.57 bits per heavy atom. The average molecular weight is 193 g/mol. The molecule has 1 unspecified atom stereocenters. The van der Waals surface area contributed by atoms with Crippen LogP contribution in [-0.4, -0.2) is 16.1 Å². The highest BCUT2D eigenvalue weighted by atomic mass is 15.1. The number of rotatable bonds is 2. The molecule has 1 aliphatic rings. The highest BCUT2D eigenvalue weighted by Gasteiger charge is 2.22. The van der Waals surface area contributed by atoms with E-state index in [1.165, 1.54) is 24.2 Å². The van der Waals surface area contributed by atoms with Crippen molar-refractivity contribution in [2.45, 2.75) is 45.6 Å². The zero-order chi connectivity index (χ0) is 10.1. The number of hydrogen-bond donors (Lipinski definition) is 1. The summed E-state index contributed by atoms with van der Waals surface area (Å²) in [6.45, 7) is 6.24. The quantitative estimate of drug-likeness (QED) is 0.775. The van der Waals surface area contributed by atoms with E-state index in [4.69, 9.17) is 5.73 Å². The molecule has 0 spiro atoms. The molecule has 1 aromatic rings. The summed E-state index contributed by atoms with van der Waals surface area (Å²) in [6, 6.07) is 0. The number of aryl methyl sites for hydroxylation is 1. The Balaban J connectivity index is 2.42. The van der Waals surface area contributed by atoms with Crippen molar-refractivity contribution in [1.82, 2.24) is 9.55 Å². The minimum Gasteiger partial charge on any atom is -0.332 e. The van der Waals surface area contributed by atoms with Crippen molar-refractivity contribution in [1.29, 1.82) is 0 Å². The van der Waals surface area contributed by atoms with Crippen molar-refractivity contribution in [2.24, 2.45) is 5.73 Å². The summed E-state index contributed by atoms with van der Waals surface area (Å²) in [5.41, 5.74) is 8.28. The van der Waals surface area contributed by atoms with E-state index in [2.05, 4.69) is 23.4 Å². The molecular weight excluding hydrogens is 174 g/mol. The highest BCUT2D eigenvalue weighted by Crippen LogP contribution is 2.30. The van der Waals surface area contributed by atoms with Crippen molar-refractivity contribution in [3.63, 3.8) is 0 Å². The lowest BCUT2D eigenvalue weighted by Gasteiger charge is -2.22. The normalized spacial score (nSPS) is 20.9. The van der Waals surface area contributed by atoms with Gasteiger partial charge in [0.15, 0.2) is 0 Å². The Morgan fingerprint density at radius 3 is 3.07 bits per heavy atom. The fourth-order valence-electron chi connectivity index (χ4n) is 2.49. The van der Waals surface area contributed by atoms with Crippen molar-refractivity contribution in [3.8, 4) is 0 Å². The van der Waals surface area contributed by atoms with E-state index in [0.29, 0.717) is 12.5 Å². The number of nitrogens with two attached hydrogens (primary N) is 1. The van der Waals surface area contributed by atoms with Crippen LogP contribution < -0.4 is 5.73 Å². The lowest BCUT2D eigenvalue weighted by atomic mass is 9.95. The summed E-state index contributed by atoms with van der Waals surface area (Å²) < 4.78 is 2.37. The molecule has 0 radical (unpaired) electrons. The predicted molar refractivity (Wildman–Crippen MR) is 57.4 cm³/mol. The molecule has 2 heterocycles. The smallest absolute Gasteiger partial charge is 0.106 e. The van der Waals surface area contributed by atoms with Crippen LogP contribution in [0.4, 0.5) is 0 Å². The summed E-state index contributed by atoms with van der Waals surface area (Å²) in [5, 5.41) is 0. The van der Waals surface area contributed by atoms with E-state index >= 15 is 0 Å². The molecule has 78 valence electrons. The van der Waals surface area contributed by atoms with E-state index < -0.39 is 0 Å². The lowest BCUT2D eigenvalue weighted by Crippen LogP contribution is -2.16. The Kier molecular flexibility index (Phi) is 2.59. The molecule has 0 fully saturated rings. The molecule has 1 aliphatic heterocycles. The number of nitrogens with zero attached hydrogens (tertiary/aromatic N) is 2. The van der Waals surface area contributed by atoms with E-state index in [1.807, 2.05) is 0 Å². The van der Waals surface area contributed by atoms with Gasteiger partial charge in [0.25, 0.3) is 0 Å². The molecular formula is C11H19N3. The van der Waals surface area contributed by atoms with Gasteiger partial charge in [0.2, 0.25) is 0 Å². The molecule has 0 aromatic carbocycles. The van der Waals surface area contributed by atoms with E-state index in [0.717, 1.165) is 18.8 Å². The second-order valence-electron chi connectivity index (χ2n) is 4.22. The zero-order valence-electron chi connectivity index (χ0n) is 9.08. The molecule has 0 amide bonds. The first-order valence-electron chi connectivity index (χ1n) is 5.50. The largest absolute Gasteiger partial charge is 0.332 e. The monoisotopic (exact) mass is 193 g/mol. The summed E-state index contributed by atoms with van der Waals surface area (Å²) in [7, 11) is 0. The van der Waals surface area contributed by atoms with Gasteiger partial charge in [-0.05, 0) is 32.2 Å². The third-order valence-corrected chi connectivity index (χ3v) is 3.14. The number of aromatic nitrogens is 2. The van der Waals surface area contributed by atoms with Crippen LogP contribution >= 0.6 is 0 Å². The van der Waals surface area contributed by atoms with Crippen LogP contribution in [-0.2, 0) is 13.0 Å². The van der Waals surface area contributed by atoms with E-state index in [1.54, 1.807) is 0 Å². The van der Waals surface area contributed by atoms with Gasteiger partial charge in [0, 0.05) is 18.7 Å². The third kappa shape index (κ3) is 1.46. The summed E-state index contributed by atoms with van der Waals surface area (Å²) in [5.74, 6) is 1.82. The standard InChI is InChI=1S/C11H19N3/c1-8-4-3-7-14-9(2)13-10(5-6-12)11(8)14/h8H,3-7,12H2,1-2H3. The maximum atomic E-state index is 5.60. The minimum atomic E-state index is 0.659. The van der Waals surface area contributed by atoms with Gasteiger partial charge in [0.1, 0.15) is 5.82 Å². The molecule has 0 bridgehead atoms. The van der Waals surface area contributed by atoms with Gasteiger partial charge in [-0.15, -0.1) is 0 Å². The predicted octanol–water partition coefficient (Wildman–Crippen LogP) is 1.59. The van der Waals surface area contributed by atoms with Crippen LogP contribution in [0.3, 0.4) is 0 Å². The summed E-state index contributed by atoms with van der Waals surface area (Å²) >= 11 is 0. The highest BCUT2D eigenvalue weighted by molar-refractivity contribution is 5.22. The second-order valence-corrected chi connectivity index (χ2v) is 4.22. The van der Waals surface area contributed by atoms with Gasteiger partial charge in [-0.3, -0.25) is 0 Å². The molecule has 0 saturated heterocycles. The van der Waals surface area contributed by atoms with Crippen molar-refractivity contribution >= 4 is 0 Å². The topological polar surface area (TPSA) is 43.8 Å². The molecule has 14 heavy (non-hydrogen) atoms. The maximum absolute atomic E-state index is 5.60. The molecule has 2 N–H and O–H groups in total. The first kappa shape index (κ1) is 9.71. The van der Waals surface area contributed by atoms with Crippen LogP contribution in [0.1, 0.15) is 42.9 Å². The molecule has 2 rings (SSSR count). The van der Waals surface area contributed by atoms with E-state index in [-0.39, 0.29) is 0 Å². The SMILES string of the molecule is Cc1nc(CCN)c2n1CCCC2C. The zero-order valence-corrected chi connectivity index (χ0v) is 9.08. The number of hydrogen-bond acceptors (Lipinski definition) is 2. The molecule has 1 atom stereocenters. The average Bonchev–Trinajstić information content (AvgIpc) is 2.46. The second kappa shape index (κ2) is 3.73. The van der Waals surface area contributed by atoms with Crippen molar-refractivity contribution in [3.05, 3.63) is 17.2 Å². The van der Waals surface area contributed by atoms with Gasteiger partial charge in [-0.2, -0.15) is 0 Å². The van der Waals surface area contributed by atoms with Gasteiger partial charge >= 0.3 is 0 Å². The van der Waals surface area contributed by atoms with E-state index in [9.17, 15) is 0 Å². The number of fused-ring (bicyclic) bond motifs is 1. The Morgan fingerprint density at radius 2 is 2.36 bits per heavy atom. The summed E-state index contributed by atoms with van der Waals surface area (Å²) in [6.07, 6.45) is 3.50. The first-order chi connectivity index (χ1) is 6.74. The molecule has 0 saturated carbocycles. The molecule has 0 aliphatic carbocycles. The third-order valence-electron chi connectivity index (χ3n) is 3.14. The van der Waals surface area contributed by atoms with Crippen molar-refractivity contribution in [2.75, 3.05) is 6.54 Å². The van der Waals surface area contributed by atoms with Crippen molar-refractivity contribution < 1.29 is 0 Å². The Hall–Kier alpha value is -0.830.